The molecule has 1 fully saturated rings. The molecule has 0 atom stereocenters. The number of fused-ring (bicyclic) bond motifs is 3. The highest BCUT2D eigenvalue weighted by atomic mass is 19.1. The lowest BCUT2D eigenvalue weighted by Crippen LogP contribution is -2.46. The average molecular weight is 377 g/mol. The molecule has 142 valence electrons. The highest BCUT2D eigenvalue weighted by Gasteiger charge is 2.23. The van der Waals surface area contributed by atoms with Crippen molar-refractivity contribution in [3.05, 3.63) is 60.5 Å². The summed E-state index contributed by atoms with van der Waals surface area (Å²) in [4.78, 5) is 8.90. The number of anilines is 2. The van der Waals surface area contributed by atoms with E-state index < -0.39 is 0 Å². The van der Waals surface area contributed by atoms with E-state index in [4.69, 9.17) is 9.15 Å². The van der Waals surface area contributed by atoms with Crippen LogP contribution in [0.4, 0.5) is 15.8 Å². The van der Waals surface area contributed by atoms with Gasteiger partial charge in [-0.1, -0.05) is 18.2 Å². The van der Waals surface area contributed by atoms with Crippen LogP contribution >= 0.6 is 0 Å². The standard InChI is InChI=1S/C22H20FN3O2/c1-27-19-8-4-5-15-20-22(28-21(15)19)18(9-10-24-20)26-13-11-25(12-14-26)17-7-3-2-6-16(17)23/h2-10H,11-14H2,1H3. The monoisotopic (exact) mass is 377 g/mol. The van der Waals surface area contributed by atoms with Crippen molar-refractivity contribution in [3.8, 4) is 5.75 Å². The molecular formula is C22H20FN3O2. The van der Waals surface area contributed by atoms with Crippen LogP contribution in [-0.2, 0) is 0 Å². The average Bonchev–Trinajstić information content (AvgIpc) is 3.13. The minimum Gasteiger partial charge on any atom is -0.493 e. The Morgan fingerprint density at radius 1 is 0.893 bits per heavy atom. The molecule has 28 heavy (non-hydrogen) atoms. The van der Waals surface area contributed by atoms with Crippen LogP contribution in [0.1, 0.15) is 0 Å². The fraction of sp³-hybridized carbons (Fsp3) is 0.227. The van der Waals surface area contributed by atoms with Crippen molar-refractivity contribution in [2.75, 3.05) is 43.1 Å². The number of pyridine rings is 1. The third kappa shape index (κ3) is 2.64. The summed E-state index contributed by atoms with van der Waals surface area (Å²) < 4.78 is 25.7. The lowest BCUT2D eigenvalue weighted by Gasteiger charge is -2.37. The number of hydrogen-bond acceptors (Lipinski definition) is 5. The lowest BCUT2D eigenvalue weighted by atomic mass is 10.2. The van der Waals surface area contributed by atoms with Gasteiger partial charge in [0.15, 0.2) is 16.9 Å². The van der Waals surface area contributed by atoms with Crippen LogP contribution in [0.15, 0.2) is 59.1 Å². The Balaban J connectivity index is 1.48. The van der Waals surface area contributed by atoms with Crippen LogP contribution in [0.5, 0.6) is 5.75 Å². The largest absolute Gasteiger partial charge is 0.493 e. The number of hydrogen-bond donors (Lipinski definition) is 0. The topological polar surface area (TPSA) is 41.7 Å². The van der Waals surface area contributed by atoms with E-state index in [1.54, 1.807) is 13.2 Å². The zero-order chi connectivity index (χ0) is 19.1. The van der Waals surface area contributed by atoms with Crippen molar-refractivity contribution in [3.63, 3.8) is 0 Å². The number of methoxy groups -OCH3 is 1. The number of aromatic nitrogens is 1. The van der Waals surface area contributed by atoms with Gasteiger partial charge in [0.1, 0.15) is 11.3 Å². The van der Waals surface area contributed by atoms with Crippen LogP contribution in [0.25, 0.3) is 22.1 Å². The Labute approximate surface area is 161 Å². The molecule has 5 rings (SSSR count). The Bertz CT molecular complexity index is 1150. The van der Waals surface area contributed by atoms with Crippen LogP contribution in [0.3, 0.4) is 0 Å². The molecule has 1 aliphatic rings. The Hall–Kier alpha value is -3.28. The van der Waals surface area contributed by atoms with Gasteiger partial charge in [0.25, 0.3) is 0 Å². The molecule has 1 saturated heterocycles. The molecule has 0 unspecified atom stereocenters. The van der Waals surface area contributed by atoms with Crippen molar-refractivity contribution < 1.29 is 13.5 Å². The van der Waals surface area contributed by atoms with Gasteiger partial charge in [-0.05, 0) is 30.3 Å². The van der Waals surface area contributed by atoms with Crippen LogP contribution in [0, 0.1) is 5.82 Å². The SMILES string of the molecule is COc1cccc2c1oc1c(N3CCN(c4ccccc4F)CC3)ccnc12. The van der Waals surface area contributed by atoms with E-state index >= 15 is 0 Å². The summed E-state index contributed by atoms with van der Waals surface area (Å²) in [6.45, 7) is 3.05. The Morgan fingerprint density at radius 2 is 1.64 bits per heavy atom. The summed E-state index contributed by atoms with van der Waals surface area (Å²) in [5.74, 6) is 0.525. The van der Waals surface area contributed by atoms with Gasteiger partial charge in [0.05, 0.1) is 23.9 Å². The van der Waals surface area contributed by atoms with E-state index in [2.05, 4.69) is 14.8 Å². The summed E-state index contributed by atoms with van der Waals surface area (Å²) in [7, 11) is 1.64. The van der Waals surface area contributed by atoms with Crippen molar-refractivity contribution >= 4 is 33.4 Å². The summed E-state index contributed by atoms with van der Waals surface area (Å²) >= 11 is 0. The summed E-state index contributed by atoms with van der Waals surface area (Å²) in [6, 6.07) is 14.7. The number of nitrogens with zero attached hydrogens (tertiary/aromatic N) is 3. The maximum absolute atomic E-state index is 14.1. The van der Waals surface area contributed by atoms with E-state index in [0.717, 1.165) is 48.4 Å². The van der Waals surface area contributed by atoms with Crippen molar-refractivity contribution in [2.45, 2.75) is 0 Å². The molecule has 1 aliphatic heterocycles. The molecule has 5 nitrogen and oxygen atoms in total. The van der Waals surface area contributed by atoms with E-state index in [0.29, 0.717) is 17.0 Å². The van der Waals surface area contributed by atoms with Crippen molar-refractivity contribution in [1.82, 2.24) is 4.98 Å². The molecule has 6 heteroatoms. The molecular weight excluding hydrogens is 357 g/mol. The number of para-hydroxylation sites is 2. The minimum atomic E-state index is -0.174. The quantitative estimate of drug-likeness (QED) is 0.527. The molecule has 0 saturated carbocycles. The second-order valence-electron chi connectivity index (χ2n) is 6.87. The molecule has 0 aliphatic carbocycles. The minimum absolute atomic E-state index is 0.174. The summed E-state index contributed by atoms with van der Waals surface area (Å²) in [5.41, 5.74) is 3.99. The summed E-state index contributed by atoms with van der Waals surface area (Å²) in [5, 5.41) is 0.946. The Morgan fingerprint density at radius 3 is 2.39 bits per heavy atom. The third-order valence-corrected chi connectivity index (χ3v) is 5.36. The smallest absolute Gasteiger partial charge is 0.179 e. The van der Waals surface area contributed by atoms with Crippen LogP contribution < -0.4 is 14.5 Å². The van der Waals surface area contributed by atoms with E-state index in [1.807, 2.05) is 42.6 Å². The lowest BCUT2D eigenvalue weighted by molar-refractivity contribution is 0.412. The predicted molar refractivity (Wildman–Crippen MR) is 109 cm³/mol. The second kappa shape index (κ2) is 6.71. The number of halogens is 1. The fourth-order valence-corrected chi connectivity index (χ4v) is 3.95. The van der Waals surface area contributed by atoms with Gasteiger partial charge >= 0.3 is 0 Å². The van der Waals surface area contributed by atoms with E-state index in [-0.39, 0.29) is 5.82 Å². The van der Waals surface area contributed by atoms with Gasteiger partial charge in [-0.2, -0.15) is 0 Å². The zero-order valence-electron chi connectivity index (χ0n) is 15.6. The van der Waals surface area contributed by atoms with Crippen LogP contribution in [0.2, 0.25) is 0 Å². The molecule has 4 aromatic rings. The number of ether oxygens (including phenoxy) is 1. The van der Waals surface area contributed by atoms with Gasteiger partial charge in [-0.3, -0.25) is 4.98 Å². The molecule has 0 N–H and O–H groups in total. The van der Waals surface area contributed by atoms with Gasteiger partial charge in [0, 0.05) is 32.4 Å². The fourth-order valence-electron chi connectivity index (χ4n) is 3.95. The second-order valence-corrected chi connectivity index (χ2v) is 6.87. The van der Waals surface area contributed by atoms with E-state index in [9.17, 15) is 4.39 Å². The van der Waals surface area contributed by atoms with E-state index in [1.165, 1.54) is 6.07 Å². The normalized spacial score (nSPS) is 14.8. The van der Waals surface area contributed by atoms with Gasteiger partial charge in [-0.15, -0.1) is 0 Å². The van der Waals surface area contributed by atoms with Crippen molar-refractivity contribution in [1.29, 1.82) is 0 Å². The Kier molecular flexibility index (Phi) is 4.04. The number of furan rings is 1. The molecule has 0 bridgehead atoms. The molecule has 0 amide bonds. The highest BCUT2D eigenvalue weighted by Crippen LogP contribution is 2.38. The van der Waals surface area contributed by atoms with Crippen LogP contribution in [-0.4, -0.2) is 38.3 Å². The van der Waals surface area contributed by atoms with Gasteiger partial charge in [0.2, 0.25) is 0 Å². The predicted octanol–water partition coefficient (Wildman–Crippen LogP) is 4.46. The maximum Gasteiger partial charge on any atom is 0.179 e. The number of piperazine rings is 1. The molecule has 2 aromatic carbocycles. The van der Waals surface area contributed by atoms with Gasteiger partial charge < -0.3 is 19.0 Å². The summed E-state index contributed by atoms with van der Waals surface area (Å²) in [6.07, 6.45) is 1.81. The molecule has 2 aromatic heterocycles. The first-order valence-electron chi connectivity index (χ1n) is 9.35. The highest BCUT2D eigenvalue weighted by molar-refractivity contribution is 6.08. The van der Waals surface area contributed by atoms with Crippen molar-refractivity contribution in [2.24, 2.45) is 0 Å². The maximum atomic E-state index is 14.1. The third-order valence-electron chi connectivity index (χ3n) is 5.36. The number of rotatable bonds is 3. The molecule has 0 radical (unpaired) electrons. The first-order valence-corrected chi connectivity index (χ1v) is 9.35. The zero-order valence-corrected chi connectivity index (χ0v) is 15.6. The number of benzene rings is 2. The molecule has 0 spiro atoms. The van der Waals surface area contributed by atoms with Gasteiger partial charge in [-0.25, -0.2) is 4.39 Å². The first-order chi connectivity index (χ1) is 13.8. The first kappa shape index (κ1) is 16.9. The molecule has 3 heterocycles.